The van der Waals surface area contributed by atoms with Crippen LogP contribution in [0.4, 0.5) is 5.69 Å². The van der Waals surface area contributed by atoms with Gasteiger partial charge in [-0.25, -0.2) is 13.1 Å². The summed E-state index contributed by atoms with van der Waals surface area (Å²) >= 11 is 6.46. The van der Waals surface area contributed by atoms with Gasteiger partial charge in [-0.1, -0.05) is 36.7 Å². The molecule has 1 N–H and O–H groups in total. The Balaban J connectivity index is 1.21. The zero-order valence-electron chi connectivity index (χ0n) is 29.5. The number of fused-ring (bicyclic) bond motifs is 4. The minimum Gasteiger partial charge on any atom is -0.490 e. The van der Waals surface area contributed by atoms with Crippen LogP contribution < -0.4 is 14.4 Å². The van der Waals surface area contributed by atoms with E-state index in [-0.39, 0.29) is 28.9 Å². The third-order valence-corrected chi connectivity index (χ3v) is 13.9. The smallest absolute Gasteiger partial charge is 0.264 e. The first-order valence-corrected chi connectivity index (χ1v) is 20.6. The second kappa shape index (κ2) is 15.5. The van der Waals surface area contributed by atoms with E-state index in [0.717, 1.165) is 49.4 Å². The van der Waals surface area contributed by atoms with Gasteiger partial charge in [0.25, 0.3) is 5.91 Å². The molecule has 2 bridgehead atoms. The van der Waals surface area contributed by atoms with Crippen LogP contribution in [0.2, 0.25) is 5.02 Å². The predicted octanol–water partition coefficient (Wildman–Crippen LogP) is 5.66. The first-order chi connectivity index (χ1) is 24.7. The molecule has 2 aromatic rings. The summed E-state index contributed by atoms with van der Waals surface area (Å²) < 4.78 is 47.9. The lowest BCUT2D eigenvalue weighted by Gasteiger charge is -2.46. The van der Waals surface area contributed by atoms with E-state index in [0.29, 0.717) is 83.4 Å². The molecule has 5 atom stereocenters. The number of nitrogens with zero attached hydrogens (tertiary/aromatic N) is 2. The van der Waals surface area contributed by atoms with Crippen molar-refractivity contribution in [1.29, 1.82) is 0 Å². The monoisotopic (exact) mass is 739 g/mol. The Morgan fingerprint density at radius 3 is 2.75 bits per heavy atom. The molecule has 0 radical (unpaired) electrons. The van der Waals surface area contributed by atoms with Crippen LogP contribution in [0.1, 0.15) is 79.8 Å². The molecular formula is C39H50ClN3O7S. The average Bonchev–Trinajstić information content (AvgIpc) is 3.26. The third kappa shape index (κ3) is 7.82. The molecule has 1 saturated heterocycles. The topological polar surface area (TPSA) is 114 Å². The Labute approximate surface area is 306 Å². The van der Waals surface area contributed by atoms with Crippen LogP contribution in [0.25, 0.3) is 0 Å². The number of halogens is 1. The van der Waals surface area contributed by atoms with Crippen molar-refractivity contribution in [2.24, 2.45) is 11.8 Å². The maximum absolute atomic E-state index is 13.5. The summed E-state index contributed by atoms with van der Waals surface area (Å²) in [5.74, 6) is 0.670. The van der Waals surface area contributed by atoms with Gasteiger partial charge in [0.1, 0.15) is 5.75 Å². The van der Waals surface area contributed by atoms with Crippen molar-refractivity contribution in [3.8, 4) is 5.75 Å². The minimum absolute atomic E-state index is 0.0787. The largest absolute Gasteiger partial charge is 0.490 e. The molecule has 276 valence electrons. The van der Waals surface area contributed by atoms with Gasteiger partial charge < -0.3 is 24.0 Å². The van der Waals surface area contributed by atoms with Crippen molar-refractivity contribution >= 4 is 39.1 Å². The number of anilines is 1. The summed E-state index contributed by atoms with van der Waals surface area (Å²) in [5.41, 5.74) is 3.31. The molecule has 3 heterocycles. The zero-order chi connectivity index (χ0) is 35.6. The molecule has 10 nitrogen and oxygen atoms in total. The lowest BCUT2D eigenvalue weighted by Crippen LogP contribution is -2.49. The van der Waals surface area contributed by atoms with Gasteiger partial charge >= 0.3 is 0 Å². The summed E-state index contributed by atoms with van der Waals surface area (Å²) in [5, 5.41) is 0.00831. The van der Waals surface area contributed by atoms with Gasteiger partial charge in [-0.3, -0.25) is 9.59 Å². The SMILES string of the molecule is CC[C@@H]1CC/C=C\[C@H](OCCC(=O)N2CCOCC2)[C@@H]2CC[C@H]2CN2C[C@@]3(CCCc4cc(Cl)ccc43)COc3ccc(cc32)C(=O)NS1(=O)=O. The first kappa shape index (κ1) is 36.2. The highest BCUT2D eigenvalue weighted by Gasteiger charge is 2.44. The first-order valence-electron chi connectivity index (χ1n) is 18.7. The molecule has 2 fully saturated rings. The molecule has 2 aliphatic carbocycles. The normalized spacial score (nSPS) is 29.8. The number of carbonyl (C=O) groups is 2. The van der Waals surface area contributed by atoms with E-state index in [2.05, 4.69) is 27.8 Å². The molecular weight excluding hydrogens is 690 g/mol. The minimum atomic E-state index is -3.93. The lowest BCUT2D eigenvalue weighted by molar-refractivity contribution is -0.137. The van der Waals surface area contributed by atoms with Gasteiger partial charge in [-0.15, -0.1) is 0 Å². The number of sulfonamides is 1. The van der Waals surface area contributed by atoms with Crippen LogP contribution in [0, 0.1) is 11.8 Å². The van der Waals surface area contributed by atoms with Crippen LogP contribution in [0.5, 0.6) is 5.75 Å². The Bertz CT molecular complexity index is 1750. The fraction of sp³-hybridized carbons (Fsp3) is 0.590. The molecule has 0 unspecified atom stereocenters. The van der Waals surface area contributed by atoms with Gasteiger partial charge in [0.15, 0.2) is 0 Å². The maximum Gasteiger partial charge on any atom is 0.264 e. The quantitative estimate of drug-likeness (QED) is 0.391. The Hall–Kier alpha value is -3.12. The van der Waals surface area contributed by atoms with Crippen LogP contribution in [0.3, 0.4) is 0 Å². The summed E-state index contributed by atoms with van der Waals surface area (Å²) in [7, 11) is -3.93. The molecule has 7 rings (SSSR count). The van der Waals surface area contributed by atoms with Gasteiger partial charge in [-0.05, 0) is 105 Å². The molecule has 1 spiro atoms. The summed E-state index contributed by atoms with van der Waals surface area (Å²) in [4.78, 5) is 30.7. The van der Waals surface area contributed by atoms with Crippen LogP contribution in [-0.2, 0) is 36.1 Å². The molecule has 12 heteroatoms. The standard InChI is InChI=1S/C39H50ClN3O7S/c1-2-31-7-3-4-8-35(49-19-15-37(44)42-17-20-48-21-18-42)32-12-9-29(32)24-43-25-39(16-5-6-27-22-30(40)11-13-33(27)39)26-50-36-14-10-28(23-34(36)43)38(45)41-51(31,46)47/h4,8,10-11,13-14,22-23,29,31-32,35H,2-3,5-7,9,12,15-21,24-26H2,1H3,(H,41,45)/b8-4-/t29-,31+,32+,35-,39-/m0/s1. The number of morpholine rings is 1. The van der Waals surface area contributed by atoms with E-state index in [9.17, 15) is 18.0 Å². The van der Waals surface area contributed by atoms with Crippen molar-refractivity contribution < 1.29 is 32.2 Å². The van der Waals surface area contributed by atoms with Gasteiger partial charge in [0, 0.05) is 42.2 Å². The molecule has 2 aromatic carbocycles. The number of allylic oxidation sites excluding steroid dienone is 1. The zero-order valence-corrected chi connectivity index (χ0v) is 31.1. The van der Waals surface area contributed by atoms with Gasteiger partial charge in [0.05, 0.1) is 49.9 Å². The number of nitrogens with one attached hydrogen (secondary N) is 1. The van der Waals surface area contributed by atoms with Gasteiger partial charge in [0.2, 0.25) is 15.9 Å². The van der Waals surface area contributed by atoms with Crippen molar-refractivity contribution in [2.45, 2.75) is 81.5 Å². The second-order valence-corrected chi connectivity index (χ2v) is 17.3. The van der Waals surface area contributed by atoms with E-state index in [1.165, 1.54) is 11.1 Å². The van der Waals surface area contributed by atoms with Crippen molar-refractivity contribution in [1.82, 2.24) is 9.62 Å². The highest BCUT2D eigenvalue weighted by Crippen LogP contribution is 2.47. The van der Waals surface area contributed by atoms with E-state index in [1.807, 2.05) is 30.0 Å². The number of rotatable bonds is 5. The molecule has 2 amide bonds. The third-order valence-electron chi connectivity index (χ3n) is 11.8. The van der Waals surface area contributed by atoms with Gasteiger partial charge in [-0.2, -0.15) is 0 Å². The van der Waals surface area contributed by atoms with Crippen molar-refractivity contribution in [3.05, 3.63) is 70.3 Å². The Morgan fingerprint density at radius 2 is 1.96 bits per heavy atom. The Morgan fingerprint density at radius 1 is 1.12 bits per heavy atom. The molecule has 1 saturated carbocycles. The number of hydrogen-bond acceptors (Lipinski definition) is 8. The van der Waals surface area contributed by atoms with Crippen LogP contribution in [-0.4, -0.2) is 89.1 Å². The molecule has 0 aromatic heterocycles. The number of amides is 2. The summed E-state index contributed by atoms with van der Waals surface area (Å²) in [6, 6.07) is 11.5. The molecule has 5 aliphatic rings. The maximum atomic E-state index is 13.5. The lowest BCUT2D eigenvalue weighted by atomic mass is 9.68. The number of benzene rings is 2. The fourth-order valence-electron chi connectivity index (χ4n) is 8.73. The van der Waals surface area contributed by atoms with Crippen LogP contribution >= 0.6 is 11.6 Å². The molecule has 3 aliphatic heterocycles. The number of hydrogen-bond donors (Lipinski definition) is 1. The van der Waals surface area contributed by atoms with E-state index < -0.39 is 21.2 Å². The van der Waals surface area contributed by atoms with Crippen molar-refractivity contribution in [3.63, 3.8) is 0 Å². The molecule has 51 heavy (non-hydrogen) atoms. The highest BCUT2D eigenvalue weighted by atomic mass is 35.5. The summed E-state index contributed by atoms with van der Waals surface area (Å²) in [6.07, 6.45) is 10.5. The Kier molecular flexibility index (Phi) is 11.0. The number of ether oxygens (including phenoxy) is 3. The highest BCUT2D eigenvalue weighted by molar-refractivity contribution is 7.90. The second-order valence-electron chi connectivity index (χ2n) is 14.9. The van der Waals surface area contributed by atoms with E-state index >= 15 is 0 Å². The van der Waals surface area contributed by atoms with E-state index in [4.69, 9.17) is 25.8 Å². The fourth-order valence-corrected chi connectivity index (χ4v) is 10.4. The number of aryl methyl sites for hydroxylation is 1. The summed E-state index contributed by atoms with van der Waals surface area (Å²) in [6.45, 7) is 6.40. The van der Waals surface area contributed by atoms with E-state index in [1.54, 1.807) is 12.1 Å². The van der Waals surface area contributed by atoms with Crippen molar-refractivity contribution in [2.75, 3.05) is 57.5 Å². The number of carbonyl (C=O) groups excluding carboxylic acids is 2. The average molecular weight is 740 g/mol. The van der Waals surface area contributed by atoms with Crippen LogP contribution in [0.15, 0.2) is 48.6 Å². The predicted molar refractivity (Wildman–Crippen MR) is 197 cm³/mol.